The highest BCUT2D eigenvalue weighted by atomic mass is 35.5. The number of hydrogen-bond acceptors (Lipinski definition) is 4. The van der Waals surface area contributed by atoms with Gasteiger partial charge in [-0.15, -0.1) is 0 Å². The number of carbonyl (C=O) groups is 2. The first-order chi connectivity index (χ1) is 14.2. The Morgan fingerprint density at radius 3 is 2.67 bits per heavy atom. The van der Waals surface area contributed by atoms with Crippen LogP contribution in [0.5, 0.6) is 0 Å². The fourth-order valence-corrected chi connectivity index (χ4v) is 5.44. The summed E-state index contributed by atoms with van der Waals surface area (Å²) in [5, 5.41) is 3.10. The van der Waals surface area contributed by atoms with Crippen molar-refractivity contribution in [2.75, 3.05) is 0 Å². The number of amides is 2. The number of hydrogen-bond donors (Lipinski definition) is 1. The van der Waals surface area contributed by atoms with Crippen LogP contribution in [0.4, 0.5) is 0 Å². The third-order valence-electron chi connectivity index (χ3n) is 5.56. The molecule has 0 aliphatic carbocycles. The van der Waals surface area contributed by atoms with Crippen LogP contribution in [0.1, 0.15) is 39.9 Å². The van der Waals surface area contributed by atoms with Gasteiger partial charge in [-0.05, 0) is 54.7 Å². The lowest BCUT2D eigenvalue weighted by Gasteiger charge is -2.30. The Hall–Kier alpha value is -2.64. The largest absolute Gasteiger partial charge is 0.329 e. The molecule has 4 rings (SSSR count). The molecular formula is C22H21ClN2O4S. The minimum Gasteiger partial charge on any atom is -0.329 e. The first kappa shape index (κ1) is 20.6. The number of aryl methyl sites for hydroxylation is 1. The van der Waals surface area contributed by atoms with Crippen molar-refractivity contribution in [1.29, 1.82) is 0 Å². The van der Waals surface area contributed by atoms with Crippen LogP contribution >= 0.6 is 11.6 Å². The fourth-order valence-electron chi connectivity index (χ4n) is 3.84. The van der Waals surface area contributed by atoms with Crippen LogP contribution < -0.4 is 5.32 Å². The van der Waals surface area contributed by atoms with Gasteiger partial charge >= 0.3 is 0 Å². The van der Waals surface area contributed by atoms with Crippen molar-refractivity contribution in [1.82, 2.24) is 10.2 Å². The SMILES string of the molecule is C=C1CCC(N2Cc3ccc(CS(=O)(=O)c4ccc(C)c(Cl)c4)cc3C2=O)C(=O)N1. The molecule has 0 radical (unpaired) electrons. The van der Waals surface area contributed by atoms with Crippen LogP contribution in [-0.4, -0.2) is 31.2 Å². The molecular weight excluding hydrogens is 424 g/mol. The molecule has 8 heteroatoms. The van der Waals surface area contributed by atoms with Crippen molar-refractivity contribution in [2.24, 2.45) is 0 Å². The number of sulfone groups is 1. The summed E-state index contributed by atoms with van der Waals surface area (Å²) in [6.07, 6.45) is 1.15. The van der Waals surface area contributed by atoms with Gasteiger partial charge in [-0.25, -0.2) is 8.42 Å². The van der Waals surface area contributed by atoms with Crippen LogP contribution in [0.3, 0.4) is 0 Å². The van der Waals surface area contributed by atoms with Crippen LogP contribution in [0.2, 0.25) is 5.02 Å². The number of piperidine rings is 1. The third-order valence-corrected chi connectivity index (χ3v) is 7.66. The van der Waals surface area contributed by atoms with E-state index in [-0.39, 0.29) is 22.5 Å². The van der Waals surface area contributed by atoms with E-state index in [1.165, 1.54) is 12.1 Å². The van der Waals surface area contributed by atoms with E-state index in [4.69, 9.17) is 11.6 Å². The lowest BCUT2D eigenvalue weighted by atomic mass is 10.0. The molecule has 2 amide bonds. The first-order valence-corrected chi connectivity index (χ1v) is 11.6. The summed E-state index contributed by atoms with van der Waals surface area (Å²) in [4.78, 5) is 26.9. The molecule has 6 nitrogen and oxygen atoms in total. The van der Waals surface area contributed by atoms with E-state index in [2.05, 4.69) is 11.9 Å². The summed E-state index contributed by atoms with van der Waals surface area (Å²) < 4.78 is 25.6. The third kappa shape index (κ3) is 3.75. The molecule has 1 unspecified atom stereocenters. The fraction of sp³-hybridized carbons (Fsp3) is 0.273. The van der Waals surface area contributed by atoms with E-state index in [0.29, 0.717) is 41.2 Å². The average molecular weight is 445 g/mol. The molecule has 1 saturated heterocycles. The number of benzene rings is 2. The maximum Gasteiger partial charge on any atom is 0.255 e. The highest BCUT2D eigenvalue weighted by Crippen LogP contribution is 2.30. The summed E-state index contributed by atoms with van der Waals surface area (Å²) >= 11 is 6.08. The molecule has 2 aromatic rings. The predicted octanol–water partition coefficient (Wildman–Crippen LogP) is 3.37. The van der Waals surface area contributed by atoms with Gasteiger partial charge in [0.2, 0.25) is 5.91 Å². The maximum atomic E-state index is 12.9. The summed E-state index contributed by atoms with van der Waals surface area (Å²) in [6.45, 7) is 5.90. The minimum atomic E-state index is -3.62. The van der Waals surface area contributed by atoms with Gasteiger partial charge in [0.1, 0.15) is 6.04 Å². The molecule has 156 valence electrons. The van der Waals surface area contributed by atoms with E-state index in [1.54, 1.807) is 36.1 Å². The van der Waals surface area contributed by atoms with Crippen molar-refractivity contribution in [3.8, 4) is 0 Å². The zero-order valence-electron chi connectivity index (χ0n) is 16.4. The lowest BCUT2D eigenvalue weighted by Crippen LogP contribution is -2.49. The van der Waals surface area contributed by atoms with Crippen LogP contribution in [0.25, 0.3) is 0 Å². The highest BCUT2D eigenvalue weighted by Gasteiger charge is 2.38. The Bertz CT molecular complexity index is 1190. The molecule has 0 bridgehead atoms. The van der Waals surface area contributed by atoms with Gasteiger partial charge < -0.3 is 10.2 Å². The summed E-state index contributed by atoms with van der Waals surface area (Å²) in [7, 11) is -3.62. The molecule has 2 aromatic carbocycles. The lowest BCUT2D eigenvalue weighted by molar-refractivity contribution is -0.126. The van der Waals surface area contributed by atoms with E-state index in [1.807, 2.05) is 0 Å². The molecule has 0 saturated carbocycles. The van der Waals surface area contributed by atoms with Crippen molar-refractivity contribution in [3.63, 3.8) is 0 Å². The predicted molar refractivity (Wildman–Crippen MR) is 114 cm³/mol. The molecule has 0 aromatic heterocycles. The van der Waals surface area contributed by atoms with Crippen molar-refractivity contribution >= 4 is 33.3 Å². The molecule has 1 atom stereocenters. The molecule has 2 aliphatic heterocycles. The molecule has 1 fully saturated rings. The molecule has 0 spiro atoms. The zero-order valence-corrected chi connectivity index (χ0v) is 18.0. The quantitative estimate of drug-likeness (QED) is 0.783. The van der Waals surface area contributed by atoms with E-state index < -0.39 is 15.9 Å². The maximum absolute atomic E-state index is 12.9. The average Bonchev–Trinajstić information content (AvgIpc) is 3.00. The van der Waals surface area contributed by atoms with Gasteiger partial charge in [-0.1, -0.05) is 36.4 Å². The summed E-state index contributed by atoms with van der Waals surface area (Å²) in [5.74, 6) is -0.724. The van der Waals surface area contributed by atoms with Crippen molar-refractivity contribution in [3.05, 3.63) is 76.0 Å². The van der Waals surface area contributed by atoms with Gasteiger partial charge in [0.25, 0.3) is 5.91 Å². The van der Waals surface area contributed by atoms with Crippen molar-refractivity contribution in [2.45, 2.75) is 43.0 Å². The Kier molecular flexibility index (Phi) is 5.20. The number of nitrogens with zero attached hydrogens (tertiary/aromatic N) is 1. The number of allylic oxidation sites excluding steroid dienone is 1. The Morgan fingerprint density at radius 1 is 1.20 bits per heavy atom. The number of rotatable bonds is 4. The second-order valence-corrected chi connectivity index (χ2v) is 10.1. The Balaban J connectivity index is 1.57. The second-order valence-electron chi connectivity index (χ2n) is 7.74. The number of halogens is 1. The van der Waals surface area contributed by atoms with Crippen LogP contribution in [0.15, 0.2) is 53.6 Å². The normalized spacial score (nSPS) is 19.1. The second kappa shape index (κ2) is 7.56. The monoisotopic (exact) mass is 444 g/mol. The van der Waals surface area contributed by atoms with Gasteiger partial charge in [0.05, 0.1) is 10.6 Å². The standard InChI is InChI=1S/C22H21ClN2O4S/c1-13-3-7-17(10-19(13)23)30(28,29)12-15-5-6-16-11-25(22(27)18(16)9-15)20-8-4-14(2)24-21(20)26/h3,5-7,9-10,20H,2,4,8,11-12H2,1H3,(H,24,26). The summed E-state index contributed by atoms with van der Waals surface area (Å²) in [5.41, 5.74) is 3.21. The molecule has 2 aliphatic rings. The minimum absolute atomic E-state index is 0.144. The number of fused-ring (bicyclic) bond motifs is 1. The number of nitrogens with one attached hydrogen (secondary N) is 1. The van der Waals surface area contributed by atoms with Gasteiger partial charge in [-0.3, -0.25) is 9.59 Å². The van der Waals surface area contributed by atoms with Gasteiger partial charge in [0.15, 0.2) is 9.84 Å². The van der Waals surface area contributed by atoms with E-state index >= 15 is 0 Å². The summed E-state index contributed by atoms with van der Waals surface area (Å²) in [6, 6.07) is 9.20. The highest BCUT2D eigenvalue weighted by molar-refractivity contribution is 7.90. The first-order valence-electron chi connectivity index (χ1n) is 9.56. The van der Waals surface area contributed by atoms with Gasteiger partial charge in [0, 0.05) is 22.8 Å². The number of carbonyl (C=O) groups excluding carboxylic acids is 2. The van der Waals surface area contributed by atoms with E-state index in [9.17, 15) is 18.0 Å². The van der Waals surface area contributed by atoms with Crippen molar-refractivity contribution < 1.29 is 18.0 Å². The molecule has 1 N–H and O–H groups in total. The zero-order chi connectivity index (χ0) is 21.6. The smallest absolute Gasteiger partial charge is 0.255 e. The Labute approximate surface area is 180 Å². The van der Waals surface area contributed by atoms with Gasteiger partial charge in [-0.2, -0.15) is 0 Å². The van der Waals surface area contributed by atoms with Crippen LogP contribution in [0, 0.1) is 6.92 Å². The van der Waals surface area contributed by atoms with E-state index in [0.717, 1.165) is 11.1 Å². The Morgan fingerprint density at radius 2 is 1.97 bits per heavy atom. The topological polar surface area (TPSA) is 83.6 Å². The molecule has 30 heavy (non-hydrogen) atoms. The van der Waals surface area contributed by atoms with Crippen LogP contribution in [-0.2, 0) is 26.9 Å². The molecule has 2 heterocycles.